The largest absolute Gasteiger partial charge is 0.319 e. The van der Waals surface area contributed by atoms with Gasteiger partial charge in [-0.2, -0.15) is 0 Å². The number of nitrogens with zero attached hydrogens (tertiary/aromatic N) is 2. The second-order valence-corrected chi connectivity index (χ2v) is 5.22. The molecule has 1 aromatic heterocycles. The summed E-state index contributed by atoms with van der Waals surface area (Å²) in [6, 6.07) is 3.42. The fraction of sp³-hybridized carbons (Fsp3) is 0.444. The molecule has 15 heavy (non-hydrogen) atoms. The molecule has 1 heterocycles. The highest BCUT2D eigenvalue weighted by molar-refractivity contribution is 7.92. The molecule has 0 aromatic carbocycles. The lowest BCUT2D eigenvalue weighted by molar-refractivity contribution is 0.592. The highest BCUT2D eigenvalue weighted by Crippen LogP contribution is 2.13. The molecule has 5 nitrogen and oxygen atoms in total. The van der Waals surface area contributed by atoms with Crippen molar-refractivity contribution in [3.8, 4) is 0 Å². The first-order valence-electron chi connectivity index (χ1n) is 4.59. The summed E-state index contributed by atoms with van der Waals surface area (Å²) >= 11 is 0. The third-order valence-corrected chi connectivity index (χ3v) is 3.80. The monoisotopic (exact) mass is 229 g/mol. The van der Waals surface area contributed by atoms with Crippen molar-refractivity contribution in [1.82, 2.24) is 10.3 Å². The topological polar surface area (TPSA) is 62.3 Å². The average molecular weight is 229 g/mol. The van der Waals surface area contributed by atoms with Gasteiger partial charge in [0.2, 0.25) is 10.0 Å². The summed E-state index contributed by atoms with van der Waals surface area (Å²) in [5, 5.41) is 2.81. The standard InChI is InChI=1S/C9H15N3O2S/c1-10-6-7-15(13,14)12(2)9-4-3-5-11-8-9/h3-5,8,10H,6-7H2,1-2H3. The number of nitrogens with one attached hydrogen (secondary N) is 1. The molecule has 0 unspecified atom stereocenters. The Labute approximate surface area is 90.2 Å². The van der Waals surface area contributed by atoms with Crippen molar-refractivity contribution in [1.29, 1.82) is 0 Å². The number of pyridine rings is 1. The Kier molecular flexibility index (Phi) is 4.05. The van der Waals surface area contributed by atoms with Crippen LogP contribution < -0.4 is 9.62 Å². The smallest absolute Gasteiger partial charge is 0.236 e. The van der Waals surface area contributed by atoms with E-state index in [2.05, 4.69) is 10.3 Å². The molecule has 0 spiro atoms. The van der Waals surface area contributed by atoms with E-state index in [0.717, 1.165) is 0 Å². The molecule has 1 aromatic rings. The average Bonchev–Trinajstić information content (AvgIpc) is 2.26. The van der Waals surface area contributed by atoms with Crippen LogP contribution in [0.4, 0.5) is 5.69 Å². The van der Waals surface area contributed by atoms with E-state index in [9.17, 15) is 8.42 Å². The molecule has 0 fully saturated rings. The number of aromatic nitrogens is 1. The van der Waals surface area contributed by atoms with E-state index in [0.29, 0.717) is 12.2 Å². The first kappa shape index (κ1) is 11.9. The van der Waals surface area contributed by atoms with Crippen LogP contribution in [0.2, 0.25) is 0 Å². The van der Waals surface area contributed by atoms with Crippen molar-refractivity contribution in [2.45, 2.75) is 0 Å². The Hall–Kier alpha value is -1.14. The van der Waals surface area contributed by atoms with Gasteiger partial charge in [-0.05, 0) is 19.2 Å². The van der Waals surface area contributed by atoms with Crippen LogP contribution in [0, 0.1) is 0 Å². The summed E-state index contributed by atoms with van der Waals surface area (Å²) in [4.78, 5) is 3.88. The Morgan fingerprint density at radius 2 is 2.27 bits per heavy atom. The van der Waals surface area contributed by atoms with Gasteiger partial charge in [0.05, 0.1) is 17.6 Å². The van der Waals surface area contributed by atoms with E-state index in [1.54, 1.807) is 25.4 Å². The molecule has 0 radical (unpaired) electrons. The minimum Gasteiger partial charge on any atom is -0.319 e. The van der Waals surface area contributed by atoms with Crippen LogP contribution in [0.25, 0.3) is 0 Å². The molecule has 0 aliphatic carbocycles. The number of sulfonamides is 1. The SMILES string of the molecule is CNCCS(=O)(=O)N(C)c1cccnc1. The Balaban J connectivity index is 2.80. The molecule has 84 valence electrons. The van der Waals surface area contributed by atoms with Gasteiger partial charge < -0.3 is 5.32 Å². The predicted molar refractivity (Wildman–Crippen MR) is 60.4 cm³/mol. The fourth-order valence-electron chi connectivity index (χ4n) is 1.07. The lowest BCUT2D eigenvalue weighted by atomic mass is 10.4. The molecule has 0 saturated heterocycles. The van der Waals surface area contributed by atoms with Gasteiger partial charge >= 0.3 is 0 Å². The summed E-state index contributed by atoms with van der Waals surface area (Å²) < 4.78 is 24.7. The normalized spacial score (nSPS) is 11.3. The van der Waals surface area contributed by atoms with Crippen LogP contribution in [0.15, 0.2) is 24.5 Å². The number of hydrogen-bond acceptors (Lipinski definition) is 4. The van der Waals surface area contributed by atoms with Crippen molar-refractivity contribution >= 4 is 15.7 Å². The highest BCUT2D eigenvalue weighted by atomic mass is 32.2. The molecule has 0 atom stereocenters. The van der Waals surface area contributed by atoms with E-state index in [-0.39, 0.29) is 5.75 Å². The van der Waals surface area contributed by atoms with Crippen molar-refractivity contribution in [3.63, 3.8) is 0 Å². The molecular weight excluding hydrogens is 214 g/mol. The van der Waals surface area contributed by atoms with E-state index >= 15 is 0 Å². The zero-order chi connectivity index (χ0) is 11.3. The Bertz CT molecular complexity index is 391. The molecule has 1 rings (SSSR count). The van der Waals surface area contributed by atoms with Gasteiger partial charge in [0.15, 0.2) is 0 Å². The van der Waals surface area contributed by atoms with E-state index in [4.69, 9.17) is 0 Å². The van der Waals surface area contributed by atoms with E-state index in [1.165, 1.54) is 17.5 Å². The maximum atomic E-state index is 11.7. The van der Waals surface area contributed by atoms with E-state index < -0.39 is 10.0 Å². The van der Waals surface area contributed by atoms with Crippen LogP contribution >= 0.6 is 0 Å². The third kappa shape index (κ3) is 3.17. The maximum absolute atomic E-state index is 11.7. The van der Waals surface area contributed by atoms with Crippen LogP contribution in [0.5, 0.6) is 0 Å². The Morgan fingerprint density at radius 1 is 1.53 bits per heavy atom. The molecule has 0 amide bonds. The molecule has 0 aliphatic heterocycles. The van der Waals surface area contributed by atoms with E-state index in [1.807, 2.05) is 0 Å². The number of hydrogen-bond donors (Lipinski definition) is 1. The quantitative estimate of drug-likeness (QED) is 0.776. The molecule has 0 aliphatic rings. The van der Waals surface area contributed by atoms with Crippen molar-refractivity contribution < 1.29 is 8.42 Å². The van der Waals surface area contributed by atoms with Crippen LogP contribution in [0.3, 0.4) is 0 Å². The minimum absolute atomic E-state index is 0.0783. The number of anilines is 1. The molecule has 0 saturated carbocycles. The summed E-state index contributed by atoms with van der Waals surface area (Å²) in [7, 11) is 0.00693. The summed E-state index contributed by atoms with van der Waals surface area (Å²) in [6.45, 7) is 0.437. The summed E-state index contributed by atoms with van der Waals surface area (Å²) in [5.41, 5.74) is 0.577. The van der Waals surface area contributed by atoms with Crippen molar-refractivity contribution in [2.24, 2.45) is 0 Å². The first-order chi connectivity index (χ1) is 7.08. The fourth-order valence-corrected chi connectivity index (χ4v) is 2.23. The number of rotatable bonds is 5. The molecule has 1 N–H and O–H groups in total. The first-order valence-corrected chi connectivity index (χ1v) is 6.20. The Morgan fingerprint density at radius 3 is 2.80 bits per heavy atom. The maximum Gasteiger partial charge on any atom is 0.236 e. The molecular formula is C9H15N3O2S. The zero-order valence-corrected chi connectivity index (χ0v) is 9.66. The highest BCUT2D eigenvalue weighted by Gasteiger charge is 2.17. The second-order valence-electron chi connectivity index (χ2n) is 3.10. The minimum atomic E-state index is -3.24. The van der Waals surface area contributed by atoms with Crippen LogP contribution in [-0.2, 0) is 10.0 Å². The van der Waals surface area contributed by atoms with Crippen LogP contribution in [0.1, 0.15) is 0 Å². The van der Waals surface area contributed by atoms with Gasteiger partial charge in [0, 0.05) is 19.8 Å². The third-order valence-electron chi connectivity index (χ3n) is 2.04. The second kappa shape index (κ2) is 5.09. The van der Waals surface area contributed by atoms with Gasteiger partial charge in [0.1, 0.15) is 0 Å². The van der Waals surface area contributed by atoms with Crippen molar-refractivity contribution in [3.05, 3.63) is 24.5 Å². The predicted octanol–water partition coefficient (Wildman–Crippen LogP) is 0.0670. The van der Waals surface area contributed by atoms with Gasteiger partial charge in [-0.15, -0.1) is 0 Å². The van der Waals surface area contributed by atoms with Crippen LogP contribution in [-0.4, -0.2) is 39.8 Å². The van der Waals surface area contributed by atoms with Gasteiger partial charge in [-0.25, -0.2) is 8.42 Å². The molecule has 6 heteroatoms. The lowest BCUT2D eigenvalue weighted by Gasteiger charge is -2.18. The summed E-state index contributed by atoms with van der Waals surface area (Å²) in [6.07, 6.45) is 3.13. The summed E-state index contributed by atoms with van der Waals surface area (Å²) in [5.74, 6) is 0.0783. The molecule has 0 bridgehead atoms. The van der Waals surface area contributed by atoms with Gasteiger partial charge in [0.25, 0.3) is 0 Å². The lowest BCUT2D eigenvalue weighted by Crippen LogP contribution is -2.32. The van der Waals surface area contributed by atoms with Gasteiger partial charge in [-0.3, -0.25) is 9.29 Å². The zero-order valence-electron chi connectivity index (χ0n) is 8.84. The van der Waals surface area contributed by atoms with Gasteiger partial charge in [-0.1, -0.05) is 0 Å². The van der Waals surface area contributed by atoms with Crippen molar-refractivity contribution in [2.75, 3.05) is 30.7 Å².